The third-order valence-electron chi connectivity index (χ3n) is 5.70. The zero-order valence-electron chi connectivity index (χ0n) is 15.2. The molecule has 4 N–H and O–H groups in total. The Morgan fingerprint density at radius 1 is 1.07 bits per heavy atom. The van der Waals surface area contributed by atoms with Crippen LogP contribution in [0.2, 0.25) is 0 Å². The Hall–Kier alpha value is -3.64. The first-order valence-corrected chi connectivity index (χ1v) is 9.25. The van der Waals surface area contributed by atoms with Crippen molar-refractivity contribution in [3.63, 3.8) is 0 Å². The molecule has 0 amide bonds. The summed E-state index contributed by atoms with van der Waals surface area (Å²) in [4.78, 5) is 24.4. The topological polar surface area (TPSA) is 115 Å². The molecule has 29 heavy (non-hydrogen) atoms. The van der Waals surface area contributed by atoms with Crippen LogP contribution < -0.4 is 5.73 Å². The number of benzene rings is 3. The molecule has 3 aromatic carbocycles. The van der Waals surface area contributed by atoms with Gasteiger partial charge in [-0.15, -0.1) is 5.69 Å². The first-order chi connectivity index (χ1) is 13.9. The zero-order valence-corrected chi connectivity index (χ0v) is 15.2. The lowest BCUT2D eigenvalue weighted by Gasteiger charge is -2.40. The molecule has 0 spiro atoms. The lowest BCUT2D eigenvalue weighted by atomic mass is 9.90. The number of carboxylic acids is 1. The standard InChI is InChI=1S/C23H17N2O4/c24-17-3-1-2-11-6-7-18(25-20(11)17)19-21(26)15-9-12-4-5-13(23(28)29)8-14(12)10-16(15)22(19)27/h1-10,18-19,21,26H,24H2,(H,28,29)/q-1. The van der Waals surface area contributed by atoms with Crippen LogP contribution in [-0.4, -0.2) is 28.0 Å². The van der Waals surface area contributed by atoms with Crippen molar-refractivity contribution in [2.24, 2.45) is 5.92 Å². The van der Waals surface area contributed by atoms with Gasteiger partial charge in [-0.1, -0.05) is 36.4 Å². The van der Waals surface area contributed by atoms with E-state index in [1.165, 1.54) is 12.1 Å². The SMILES string of the molecule is Nc1cccc2c1[N-]C(C1C(=O)c3cc4cc(C(=O)O)ccc4cc3C1O)C=C2. The molecule has 6 heteroatoms. The molecule has 1 aliphatic heterocycles. The highest BCUT2D eigenvalue weighted by molar-refractivity contribution is 6.08. The Morgan fingerprint density at radius 3 is 2.69 bits per heavy atom. The van der Waals surface area contributed by atoms with E-state index in [9.17, 15) is 19.8 Å². The molecule has 0 fully saturated rings. The molecule has 0 saturated carbocycles. The number of anilines is 1. The predicted octanol–water partition coefficient (Wildman–Crippen LogP) is 4.07. The normalized spacial score (nSPS) is 22.2. The van der Waals surface area contributed by atoms with E-state index >= 15 is 0 Å². The zero-order chi connectivity index (χ0) is 20.3. The van der Waals surface area contributed by atoms with Gasteiger partial charge in [0.05, 0.1) is 11.7 Å². The van der Waals surface area contributed by atoms with Crippen LogP contribution in [-0.2, 0) is 0 Å². The highest BCUT2D eigenvalue weighted by Crippen LogP contribution is 2.47. The number of carbonyl (C=O) groups excluding carboxylic acids is 1. The van der Waals surface area contributed by atoms with E-state index in [1.807, 2.05) is 24.3 Å². The van der Waals surface area contributed by atoms with Crippen molar-refractivity contribution in [1.82, 2.24) is 0 Å². The van der Waals surface area contributed by atoms with Crippen molar-refractivity contribution in [3.05, 3.63) is 82.2 Å². The van der Waals surface area contributed by atoms with Crippen molar-refractivity contribution in [3.8, 4) is 0 Å². The molecule has 0 radical (unpaired) electrons. The summed E-state index contributed by atoms with van der Waals surface area (Å²) in [7, 11) is 0. The van der Waals surface area contributed by atoms with Crippen LogP contribution in [0.15, 0.2) is 54.6 Å². The number of aliphatic hydroxyl groups excluding tert-OH is 1. The number of nitrogens with zero attached hydrogens (tertiary/aromatic N) is 1. The van der Waals surface area contributed by atoms with E-state index in [0.717, 1.165) is 10.9 Å². The number of ketones is 1. The lowest BCUT2D eigenvalue weighted by molar-refractivity contribution is 0.0695. The van der Waals surface area contributed by atoms with Crippen LogP contribution in [0.5, 0.6) is 0 Å². The fourth-order valence-electron chi connectivity index (χ4n) is 4.22. The van der Waals surface area contributed by atoms with E-state index in [2.05, 4.69) is 5.32 Å². The van der Waals surface area contributed by atoms with Gasteiger partial charge in [0.15, 0.2) is 5.78 Å². The molecule has 0 saturated heterocycles. The summed E-state index contributed by atoms with van der Waals surface area (Å²) in [5, 5.41) is 26.2. The first-order valence-electron chi connectivity index (χ1n) is 9.25. The van der Waals surface area contributed by atoms with Gasteiger partial charge in [-0.25, -0.2) is 4.79 Å². The minimum Gasteiger partial charge on any atom is -0.676 e. The van der Waals surface area contributed by atoms with Gasteiger partial charge in [0.2, 0.25) is 0 Å². The number of nitrogens with two attached hydrogens (primary N) is 1. The molecule has 6 nitrogen and oxygen atoms in total. The summed E-state index contributed by atoms with van der Waals surface area (Å²) in [6.07, 6.45) is 2.70. The van der Waals surface area contributed by atoms with Crippen LogP contribution >= 0.6 is 0 Å². The second kappa shape index (κ2) is 6.18. The van der Waals surface area contributed by atoms with E-state index in [1.54, 1.807) is 24.3 Å². The maximum absolute atomic E-state index is 13.2. The smallest absolute Gasteiger partial charge is 0.335 e. The number of aromatic carboxylic acids is 1. The van der Waals surface area contributed by atoms with Crippen molar-refractivity contribution in [2.45, 2.75) is 12.1 Å². The van der Waals surface area contributed by atoms with Gasteiger partial charge >= 0.3 is 5.97 Å². The Bertz CT molecular complexity index is 1230. The van der Waals surface area contributed by atoms with Crippen LogP contribution in [0.25, 0.3) is 22.2 Å². The Labute approximate surface area is 166 Å². The largest absolute Gasteiger partial charge is 0.676 e. The van der Waals surface area contributed by atoms with Crippen LogP contribution in [0.1, 0.15) is 37.9 Å². The maximum atomic E-state index is 13.2. The van der Waals surface area contributed by atoms with E-state index < -0.39 is 24.0 Å². The molecule has 2 aliphatic rings. The summed E-state index contributed by atoms with van der Waals surface area (Å²) in [6.45, 7) is 0. The van der Waals surface area contributed by atoms with Gasteiger partial charge in [0.25, 0.3) is 0 Å². The number of carbonyl (C=O) groups is 2. The molecule has 3 unspecified atom stereocenters. The van der Waals surface area contributed by atoms with E-state index in [-0.39, 0.29) is 11.3 Å². The summed E-state index contributed by atoms with van der Waals surface area (Å²) in [5.41, 5.74) is 9.19. The minimum atomic E-state index is -1.03. The maximum Gasteiger partial charge on any atom is 0.335 e. The van der Waals surface area contributed by atoms with Crippen LogP contribution in [0.3, 0.4) is 0 Å². The van der Waals surface area contributed by atoms with Crippen LogP contribution in [0, 0.1) is 5.92 Å². The van der Waals surface area contributed by atoms with Crippen molar-refractivity contribution in [1.29, 1.82) is 0 Å². The average molecular weight is 385 g/mol. The Kier molecular flexibility index (Phi) is 3.72. The number of Topliss-reactive ketones (excluding diaryl/α,β-unsaturated/α-hetero) is 1. The molecule has 3 aromatic rings. The highest BCUT2D eigenvalue weighted by Gasteiger charge is 2.40. The monoisotopic (exact) mass is 385 g/mol. The number of fused-ring (bicyclic) bond motifs is 3. The summed E-state index contributed by atoms with van der Waals surface area (Å²) >= 11 is 0. The molecular weight excluding hydrogens is 368 g/mol. The number of nitrogen functional groups attached to an aromatic ring is 1. The van der Waals surface area contributed by atoms with Gasteiger partial charge in [0, 0.05) is 17.2 Å². The quantitative estimate of drug-likeness (QED) is 0.575. The van der Waals surface area contributed by atoms with E-state index in [0.29, 0.717) is 27.9 Å². The number of rotatable bonds is 2. The van der Waals surface area contributed by atoms with Gasteiger partial charge in [-0.05, 0) is 52.2 Å². The molecule has 1 aliphatic carbocycles. The molecule has 1 heterocycles. The number of hydrogen-bond acceptors (Lipinski definition) is 4. The third-order valence-corrected chi connectivity index (χ3v) is 5.70. The van der Waals surface area contributed by atoms with Gasteiger partial charge < -0.3 is 21.3 Å². The molecule has 3 atom stereocenters. The van der Waals surface area contributed by atoms with Crippen molar-refractivity contribution in [2.75, 3.05) is 5.73 Å². The van der Waals surface area contributed by atoms with Crippen molar-refractivity contribution < 1.29 is 19.8 Å². The molecule has 0 aromatic heterocycles. The fraction of sp³-hybridized carbons (Fsp3) is 0.130. The minimum absolute atomic E-state index is 0.150. The van der Waals surface area contributed by atoms with Gasteiger partial charge in [-0.2, -0.15) is 0 Å². The molecule has 0 bridgehead atoms. The second-order valence-corrected chi connectivity index (χ2v) is 7.41. The second-order valence-electron chi connectivity index (χ2n) is 7.41. The van der Waals surface area contributed by atoms with Gasteiger partial charge in [-0.3, -0.25) is 4.79 Å². The van der Waals surface area contributed by atoms with Gasteiger partial charge in [0.1, 0.15) is 0 Å². The third kappa shape index (κ3) is 2.61. The number of carboxylic acid groups (broad SMARTS) is 1. The highest BCUT2D eigenvalue weighted by atomic mass is 16.4. The summed E-state index contributed by atoms with van der Waals surface area (Å²) in [5.74, 6) is -1.98. The molecule has 5 rings (SSSR count). The Balaban J connectivity index is 1.55. The van der Waals surface area contributed by atoms with E-state index in [4.69, 9.17) is 5.73 Å². The number of hydrogen-bond donors (Lipinski definition) is 3. The first kappa shape index (κ1) is 17.5. The Morgan fingerprint density at radius 2 is 1.90 bits per heavy atom. The number of aliphatic hydroxyl groups is 1. The lowest BCUT2D eigenvalue weighted by Crippen LogP contribution is -2.27. The molecular formula is C23H17N2O4-. The fourth-order valence-corrected chi connectivity index (χ4v) is 4.22. The summed E-state index contributed by atoms with van der Waals surface area (Å²) < 4.78 is 0. The summed E-state index contributed by atoms with van der Waals surface area (Å²) in [6, 6.07) is 13.1. The average Bonchev–Trinajstić information content (AvgIpc) is 2.96. The number of para-hydroxylation sites is 1. The van der Waals surface area contributed by atoms with Crippen molar-refractivity contribution >= 4 is 40.0 Å². The predicted molar refractivity (Wildman–Crippen MR) is 110 cm³/mol. The molecule has 144 valence electrons. The van der Waals surface area contributed by atoms with Crippen LogP contribution in [0.4, 0.5) is 11.4 Å².